The number of aliphatic hydroxyl groups excluding tert-OH is 1. The van der Waals surface area contributed by atoms with Crippen LogP contribution in [0.5, 0.6) is 0 Å². The van der Waals surface area contributed by atoms with E-state index in [-0.39, 0.29) is 11.5 Å². The van der Waals surface area contributed by atoms with Crippen molar-refractivity contribution in [1.82, 2.24) is 0 Å². The molecule has 0 amide bonds. The molecule has 1 unspecified atom stereocenters. The van der Waals surface area contributed by atoms with Crippen LogP contribution < -0.4 is 0 Å². The number of sulfone groups is 1. The first-order valence-electron chi connectivity index (χ1n) is 6.96. The summed E-state index contributed by atoms with van der Waals surface area (Å²) >= 11 is 5.86. The predicted octanol–water partition coefficient (Wildman–Crippen LogP) is 3.61. The molecular formula is C17H19ClO3S. The maximum absolute atomic E-state index is 12.3. The number of rotatable bonds is 5. The SMILES string of the molecule is Cc1cc(C)cc(CS(=O)(=O)CC(O)c2cccc(Cl)c2)c1. The fraction of sp³-hybridized carbons (Fsp3) is 0.294. The lowest BCUT2D eigenvalue weighted by molar-refractivity contribution is 0.201. The Labute approximate surface area is 136 Å². The van der Waals surface area contributed by atoms with Gasteiger partial charge in [-0.25, -0.2) is 8.42 Å². The molecule has 2 aromatic carbocycles. The number of halogens is 1. The first-order chi connectivity index (χ1) is 10.2. The minimum absolute atomic E-state index is 0.0762. The minimum atomic E-state index is -3.42. The smallest absolute Gasteiger partial charge is 0.157 e. The summed E-state index contributed by atoms with van der Waals surface area (Å²) in [6.07, 6.45) is -1.07. The Bertz CT molecular complexity index is 749. The van der Waals surface area contributed by atoms with E-state index in [9.17, 15) is 13.5 Å². The van der Waals surface area contributed by atoms with E-state index in [1.807, 2.05) is 32.0 Å². The molecule has 2 rings (SSSR count). The number of hydrogen-bond acceptors (Lipinski definition) is 3. The van der Waals surface area contributed by atoms with Crippen molar-refractivity contribution < 1.29 is 13.5 Å². The van der Waals surface area contributed by atoms with Crippen LogP contribution in [0.15, 0.2) is 42.5 Å². The van der Waals surface area contributed by atoms with E-state index < -0.39 is 15.9 Å². The average Bonchev–Trinajstić information content (AvgIpc) is 2.35. The molecule has 1 atom stereocenters. The summed E-state index contributed by atoms with van der Waals surface area (Å²) < 4.78 is 24.6. The van der Waals surface area contributed by atoms with Crippen LogP contribution in [0.3, 0.4) is 0 Å². The highest BCUT2D eigenvalue weighted by Gasteiger charge is 2.20. The molecule has 22 heavy (non-hydrogen) atoms. The van der Waals surface area contributed by atoms with Crippen molar-refractivity contribution in [2.24, 2.45) is 0 Å². The van der Waals surface area contributed by atoms with Crippen molar-refractivity contribution in [2.75, 3.05) is 5.75 Å². The van der Waals surface area contributed by atoms with Crippen LogP contribution in [0.1, 0.15) is 28.4 Å². The third-order valence-corrected chi connectivity index (χ3v) is 5.15. The number of hydrogen-bond donors (Lipinski definition) is 1. The summed E-state index contributed by atoms with van der Waals surface area (Å²) in [6.45, 7) is 3.87. The lowest BCUT2D eigenvalue weighted by Gasteiger charge is -2.12. The molecule has 0 saturated heterocycles. The largest absolute Gasteiger partial charge is 0.387 e. The molecular weight excluding hydrogens is 320 g/mol. The van der Waals surface area contributed by atoms with Crippen molar-refractivity contribution >= 4 is 21.4 Å². The zero-order valence-corrected chi connectivity index (χ0v) is 14.2. The van der Waals surface area contributed by atoms with Crippen molar-refractivity contribution in [3.63, 3.8) is 0 Å². The van der Waals surface area contributed by atoms with Gasteiger partial charge in [0.15, 0.2) is 9.84 Å². The molecule has 0 radical (unpaired) electrons. The summed E-state index contributed by atoms with van der Waals surface area (Å²) in [7, 11) is -3.42. The van der Waals surface area contributed by atoms with Gasteiger partial charge in [0, 0.05) is 5.02 Å². The first-order valence-corrected chi connectivity index (χ1v) is 9.16. The Hall–Kier alpha value is -1.36. The van der Waals surface area contributed by atoms with Crippen LogP contribution in [0.2, 0.25) is 5.02 Å². The number of aryl methyl sites for hydroxylation is 2. The van der Waals surface area contributed by atoms with Gasteiger partial charge in [-0.15, -0.1) is 0 Å². The molecule has 0 spiro atoms. The van der Waals surface area contributed by atoms with E-state index in [1.54, 1.807) is 24.3 Å². The maximum atomic E-state index is 12.3. The van der Waals surface area contributed by atoms with Gasteiger partial charge in [-0.3, -0.25) is 0 Å². The Morgan fingerprint density at radius 1 is 1.09 bits per heavy atom. The van der Waals surface area contributed by atoms with Gasteiger partial charge in [-0.2, -0.15) is 0 Å². The second-order valence-corrected chi connectivity index (χ2v) is 8.17. The van der Waals surface area contributed by atoms with E-state index >= 15 is 0 Å². The Morgan fingerprint density at radius 2 is 1.73 bits per heavy atom. The van der Waals surface area contributed by atoms with Crippen molar-refractivity contribution in [3.05, 3.63) is 69.7 Å². The van der Waals surface area contributed by atoms with E-state index in [0.717, 1.165) is 16.7 Å². The predicted molar refractivity (Wildman–Crippen MR) is 89.8 cm³/mol. The van der Waals surface area contributed by atoms with E-state index in [2.05, 4.69) is 0 Å². The number of aliphatic hydroxyl groups is 1. The monoisotopic (exact) mass is 338 g/mol. The van der Waals surface area contributed by atoms with Gasteiger partial charge in [-0.1, -0.05) is 53.1 Å². The highest BCUT2D eigenvalue weighted by molar-refractivity contribution is 7.90. The third kappa shape index (κ3) is 4.83. The van der Waals surface area contributed by atoms with Gasteiger partial charge in [0.1, 0.15) is 0 Å². The molecule has 0 saturated carbocycles. The molecule has 3 nitrogen and oxygen atoms in total. The molecule has 0 bridgehead atoms. The highest BCUT2D eigenvalue weighted by atomic mass is 35.5. The molecule has 0 heterocycles. The molecule has 2 aromatic rings. The summed E-state index contributed by atoms with van der Waals surface area (Å²) in [5, 5.41) is 10.6. The van der Waals surface area contributed by atoms with Crippen LogP contribution in [0.4, 0.5) is 0 Å². The van der Waals surface area contributed by atoms with Crippen molar-refractivity contribution in [3.8, 4) is 0 Å². The second-order valence-electron chi connectivity index (χ2n) is 5.62. The van der Waals surface area contributed by atoms with E-state index in [4.69, 9.17) is 11.6 Å². The normalized spacial score (nSPS) is 13.1. The molecule has 1 N–H and O–H groups in total. The molecule has 0 fully saturated rings. The maximum Gasteiger partial charge on any atom is 0.157 e. The topological polar surface area (TPSA) is 54.4 Å². The number of benzene rings is 2. The molecule has 0 aromatic heterocycles. The Balaban J connectivity index is 2.13. The molecule has 0 aliphatic rings. The van der Waals surface area contributed by atoms with E-state index in [1.165, 1.54) is 0 Å². The lowest BCUT2D eigenvalue weighted by Crippen LogP contribution is -2.16. The Morgan fingerprint density at radius 3 is 2.32 bits per heavy atom. The fourth-order valence-electron chi connectivity index (χ4n) is 2.52. The van der Waals surface area contributed by atoms with Crippen LogP contribution in [-0.2, 0) is 15.6 Å². The van der Waals surface area contributed by atoms with Crippen LogP contribution >= 0.6 is 11.6 Å². The van der Waals surface area contributed by atoms with Crippen LogP contribution in [0.25, 0.3) is 0 Å². The average molecular weight is 339 g/mol. The van der Waals surface area contributed by atoms with Gasteiger partial charge in [-0.05, 0) is 37.1 Å². The molecule has 118 valence electrons. The van der Waals surface area contributed by atoms with Gasteiger partial charge >= 0.3 is 0 Å². The lowest BCUT2D eigenvalue weighted by atomic mass is 10.1. The molecule has 5 heteroatoms. The highest BCUT2D eigenvalue weighted by Crippen LogP contribution is 2.21. The van der Waals surface area contributed by atoms with Crippen LogP contribution in [-0.4, -0.2) is 19.3 Å². The molecule has 0 aliphatic heterocycles. The zero-order chi connectivity index (χ0) is 16.3. The zero-order valence-electron chi connectivity index (χ0n) is 12.6. The van der Waals surface area contributed by atoms with Crippen molar-refractivity contribution in [1.29, 1.82) is 0 Å². The minimum Gasteiger partial charge on any atom is -0.387 e. The second kappa shape index (κ2) is 6.82. The van der Waals surface area contributed by atoms with Gasteiger partial charge in [0.2, 0.25) is 0 Å². The summed E-state index contributed by atoms with van der Waals surface area (Å²) in [6, 6.07) is 12.3. The van der Waals surface area contributed by atoms with Gasteiger partial charge in [0.25, 0.3) is 0 Å². The van der Waals surface area contributed by atoms with Crippen LogP contribution in [0, 0.1) is 13.8 Å². The van der Waals surface area contributed by atoms with Crippen molar-refractivity contribution in [2.45, 2.75) is 25.7 Å². The molecule has 0 aliphatic carbocycles. The van der Waals surface area contributed by atoms with Gasteiger partial charge < -0.3 is 5.11 Å². The standard InChI is InChI=1S/C17H19ClO3S/c1-12-6-13(2)8-14(7-12)10-22(20,21)11-17(19)15-4-3-5-16(18)9-15/h3-9,17,19H,10-11H2,1-2H3. The third-order valence-electron chi connectivity index (χ3n) is 3.31. The fourth-order valence-corrected chi connectivity index (χ4v) is 4.18. The van der Waals surface area contributed by atoms with E-state index in [0.29, 0.717) is 10.6 Å². The Kier molecular flexibility index (Phi) is 5.27. The summed E-state index contributed by atoms with van der Waals surface area (Å²) in [5.74, 6) is -0.395. The summed E-state index contributed by atoms with van der Waals surface area (Å²) in [5.41, 5.74) is 3.31. The first kappa shape index (κ1) is 17.0. The summed E-state index contributed by atoms with van der Waals surface area (Å²) in [4.78, 5) is 0. The quantitative estimate of drug-likeness (QED) is 0.906. The van der Waals surface area contributed by atoms with Gasteiger partial charge in [0.05, 0.1) is 17.6 Å².